The van der Waals surface area contributed by atoms with Crippen molar-refractivity contribution >= 4 is 13.7 Å². The number of aliphatic hydroxyl groups is 1. The zero-order valence-corrected chi connectivity index (χ0v) is 17.6. The lowest BCUT2D eigenvalue weighted by Gasteiger charge is -2.16. The predicted octanol–water partition coefficient (Wildman–Crippen LogP) is 3.11. The fourth-order valence-electron chi connectivity index (χ4n) is 2.89. The van der Waals surface area contributed by atoms with Crippen molar-refractivity contribution in [2.75, 3.05) is 13.2 Å². The minimum Gasteiger partial charge on any atom is -0.394 e. The molecule has 0 spiro atoms. The molecule has 1 rings (SSSR count). The van der Waals surface area contributed by atoms with Crippen LogP contribution in [0.5, 0.6) is 0 Å². The van der Waals surface area contributed by atoms with E-state index in [-0.39, 0.29) is 5.91 Å². The first kappa shape index (κ1) is 24.8. The summed E-state index contributed by atoms with van der Waals surface area (Å²) in [5.41, 5.74) is 2.75. The highest BCUT2D eigenvalue weighted by molar-refractivity contribution is 7.46. The molecule has 1 aromatic carbocycles. The lowest BCUT2D eigenvalue weighted by atomic mass is 10.0. The van der Waals surface area contributed by atoms with Gasteiger partial charge in [-0.25, -0.2) is 4.57 Å². The summed E-state index contributed by atoms with van der Waals surface area (Å²) in [6, 6.07) is 8.00. The average Bonchev–Trinajstić information content (AvgIpc) is 2.66. The van der Waals surface area contributed by atoms with Gasteiger partial charge in [0.25, 0.3) is 0 Å². The highest BCUT2D eigenvalue weighted by atomic mass is 31.2. The Morgan fingerprint density at radius 1 is 1.04 bits per heavy atom. The number of carbonyl (C=O) groups is 1. The Balaban J connectivity index is 2.03. The molecule has 1 atom stereocenters. The number of carbonyl (C=O) groups excluding carboxylic acids is 1. The van der Waals surface area contributed by atoms with Crippen molar-refractivity contribution < 1.29 is 28.8 Å². The molecule has 8 heteroatoms. The number of unbranched alkanes of at least 4 members (excludes halogenated alkanes) is 5. The quantitative estimate of drug-likeness (QED) is 0.258. The van der Waals surface area contributed by atoms with E-state index in [0.717, 1.165) is 38.5 Å². The van der Waals surface area contributed by atoms with E-state index in [2.05, 4.69) is 41.0 Å². The Hall–Kier alpha value is -1.24. The molecule has 0 unspecified atom stereocenters. The SMILES string of the molecule is CCc1ccc(CCCCCCCCC(=O)N[C@H](CO)COP(=O)(O)O)cc1. The van der Waals surface area contributed by atoms with Crippen LogP contribution in [-0.4, -0.2) is 40.1 Å². The van der Waals surface area contributed by atoms with E-state index >= 15 is 0 Å². The Labute approximate surface area is 167 Å². The number of hydrogen-bond donors (Lipinski definition) is 4. The monoisotopic (exact) mass is 415 g/mol. The molecule has 0 aliphatic heterocycles. The van der Waals surface area contributed by atoms with Crippen LogP contribution in [0.15, 0.2) is 24.3 Å². The van der Waals surface area contributed by atoms with E-state index in [1.54, 1.807) is 0 Å². The summed E-state index contributed by atoms with van der Waals surface area (Å²) in [4.78, 5) is 29.1. The number of aryl methyl sites for hydroxylation is 2. The molecule has 4 N–H and O–H groups in total. The second-order valence-corrected chi connectivity index (χ2v) is 8.26. The Kier molecular flexibility index (Phi) is 12.3. The smallest absolute Gasteiger partial charge is 0.394 e. The molecule has 0 bridgehead atoms. The molecule has 1 amide bonds. The maximum atomic E-state index is 11.8. The highest BCUT2D eigenvalue weighted by Crippen LogP contribution is 2.35. The van der Waals surface area contributed by atoms with E-state index in [1.807, 2.05) is 0 Å². The molecular weight excluding hydrogens is 381 g/mol. The Morgan fingerprint density at radius 3 is 2.18 bits per heavy atom. The number of phosphoric ester groups is 1. The molecule has 160 valence electrons. The van der Waals surface area contributed by atoms with E-state index < -0.39 is 27.1 Å². The van der Waals surface area contributed by atoms with Crippen molar-refractivity contribution in [3.05, 3.63) is 35.4 Å². The van der Waals surface area contributed by atoms with Gasteiger partial charge >= 0.3 is 7.82 Å². The van der Waals surface area contributed by atoms with Crippen LogP contribution < -0.4 is 5.32 Å². The second-order valence-electron chi connectivity index (χ2n) is 7.02. The van der Waals surface area contributed by atoms with Crippen LogP contribution in [-0.2, 0) is 26.7 Å². The first-order chi connectivity index (χ1) is 13.3. The van der Waals surface area contributed by atoms with Gasteiger partial charge < -0.3 is 20.2 Å². The van der Waals surface area contributed by atoms with Gasteiger partial charge in [0.1, 0.15) is 0 Å². The molecule has 0 aliphatic carbocycles. The summed E-state index contributed by atoms with van der Waals surface area (Å²) < 4.78 is 14.9. The van der Waals surface area contributed by atoms with E-state index in [1.165, 1.54) is 24.0 Å². The fourth-order valence-corrected chi connectivity index (χ4v) is 3.26. The zero-order valence-electron chi connectivity index (χ0n) is 16.7. The number of hydrogen-bond acceptors (Lipinski definition) is 4. The molecule has 0 radical (unpaired) electrons. The largest absolute Gasteiger partial charge is 0.469 e. The van der Waals surface area contributed by atoms with Crippen LogP contribution in [0.2, 0.25) is 0 Å². The summed E-state index contributed by atoms with van der Waals surface area (Å²) in [6.07, 6.45) is 8.78. The summed E-state index contributed by atoms with van der Waals surface area (Å²) in [5, 5.41) is 11.6. The molecule has 0 heterocycles. The summed E-state index contributed by atoms with van der Waals surface area (Å²) in [5.74, 6) is -0.246. The maximum Gasteiger partial charge on any atom is 0.469 e. The van der Waals surface area contributed by atoms with E-state index in [9.17, 15) is 9.36 Å². The molecule has 28 heavy (non-hydrogen) atoms. The van der Waals surface area contributed by atoms with Crippen LogP contribution in [0.3, 0.4) is 0 Å². The number of nitrogens with one attached hydrogen (secondary N) is 1. The van der Waals surface area contributed by atoms with Crippen LogP contribution in [0.4, 0.5) is 0 Å². The van der Waals surface area contributed by atoms with Gasteiger partial charge in [0.2, 0.25) is 5.91 Å². The standard InChI is InChI=1S/C20H34NO6P/c1-2-17-11-13-18(14-12-17)9-7-5-3-4-6-8-10-20(23)21-19(15-22)16-27-28(24,25)26/h11-14,19,22H,2-10,15-16H2,1H3,(H,21,23)(H2,24,25,26)/t19-/m1/s1. The molecular formula is C20H34NO6P. The van der Waals surface area contributed by atoms with Gasteiger partial charge in [-0.3, -0.25) is 9.32 Å². The van der Waals surface area contributed by atoms with Gasteiger partial charge in [-0.1, -0.05) is 56.9 Å². The lowest BCUT2D eigenvalue weighted by Crippen LogP contribution is -2.40. The van der Waals surface area contributed by atoms with Gasteiger partial charge in [0.15, 0.2) is 0 Å². The molecule has 0 saturated carbocycles. The molecule has 0 fully saturated rings. The Bertz CT molecular complexity index is 601. The van der Waals surface area contributed by atoms with Crippen LogP contribution in [0.1, 0.15) is 63.0 Å². The van der Waals surface area contributed by atoms with Crippen LogP contribution in [0, 0.1) is 0 Å². The van der Waals surface area contributed by atoms with Crippen molar-refractivity contribution in [3.63, 3.8) is 0 Å². The van der Waals surface area contributed by atoms with Gasteiger partial charge in [0, 0.05) is 6.42 Å². The van der Waals surface area contributed by atoms with Crippen molar-refractivity contribution in [2.45, 2.75) is 70.8 Å². The zero-order chi connectivity index (χ0) is 20.8. The predicted molar refractivity (Wildman–Crippen MR) is 109 cm³/mol. The van der Waals surface area contributed by atoms with Gasteiger partial charge in [-0.2, -0.15) is 0 Å². The van der Waals surface area contributed by atoms with Crippen LogP contribution in [0.25, 0.3) is 0 Å². The molecule has 0 aromatic heterocycles. The normalized spacial score (nSPS) is 12.7. The molecule has 7 nitrogen and oxygen atoms in total. The third-order valence-corrected chi connectivity index (χ3v) is 5.07. The molecule has 0 saturated heterocycles. The van der Waals surface area contributed by atoms with E-state index in [4.69, 9.17) is 14.9 Å². The third-order valence-electron chi connectivity index (χ3n) is 4.58. The number of aliphatic hydroxyl groups excluding tert-OH is 1. The summed E-state index contributed by atoms with van der Waals surface area (Å²) >= 11 is 0. The minimum absolute atomic E-state index is 0.246. The van der Waals surface area contributed by atoms with Crippen molar-refractivity contribution in [2.24, 2.45) is 0 Å². The van der Waals surface area contributed by atoms with Crippen LogP contribution >= 0.6 is 7.82 Å². The minimum atomic E-state index is -4.60. The van der Waals surface area contributed by atoms with Crippen molar-refractivity contribution in [1.82, 2.24) is 5.32 Å². The number of rotatable bonds is 15. The maximum absolute atomic E-state index is 11.8. The topological polar surface area (TPSA) is 116 Å². The number of phosphoric acid groups is 1. The summed E-state index contributed by atoms with van der Waals surface area (Å²) in [7, 11) is -4.60. The van der Waals surface area contributed by atoms with Crippen molar-refractivity contribution in [3.8, 4) is 0 Å². The Morgan fingerprint density at radius 2 is 1.61 bits per heavy atom. The molecule has 0 aliphatic rings. The van der Waals surface area contributed by atoms with Crippen molar-refractivity contribution in [1.29, 1.82) is 0 Å². The average molecular weight is 415 g/mol. The second kappa shape index (κ2) is 13.9. The summed E-state index contributed by atoms with van der Waals surface area (Å²) in [6.45, 7) is 1.30. The molecule has 1 aromatic rings. The van der Waals surface area contributed by atoms with Gasteiger partial charge in [-0.05, 0) is 36.8 Å². The van der Waals surface area contributed by atoms with E-state index in [0.29, 0.717) is 6.42 Å². The first-order valence-electron chi connectivity index (χ1n) is 10.0. The lowest BCUT2D eigenvalue weighted by molar-refractivity contribution is -0.122. The number of benzene rings is 1. The van der Waals surface area contributed by atoms with Gasteiger partial charge in [-0.15, -0.1) is 0 Å². The highest BCUT2D eigenvalue weighted by Gasteiger charge is 2.19. The van der Waals surface area contributed by atoms with Gasteiger partial charge in [0.05, 0.1) is 19.3 Å². The third kappa shape index (κ3) is 12.3. The number of amides is 1. The fraction of sp³-hybridized carbons (Fsp3) is 0.650. The first-order valence-corrected chi connectivity index (χ1v) is 11.5.